The van der Waals surface area contributed by atoms with E-state index in [9.17, 15) is 0 Å². The molecule has 268 valence electrons. The van der Waals surface area contributed by atoms with Crippen LogP contribution in [-0.2, 0) is 0 Å². The van der Waals surface area contributed by atoms with Gasteiger partial charge in [-0.25, -0.2) is 0 Å². The molecule has 0 saturated carbocycles. The minimum absolute atomic E-state index is 0. The van der Waals surface area contributed by atoms with Crippen molar-refractivity contribution in [1.29, 1.82) is 0 Å². The fourth-order valence-corrected chi connectivity index (χ4v) is 5.80. The van der Waals surface area contributed by atoms with Crippen molar-refractivity contribution in [2.45, 2.75) is 51.4 Å². The molecule has 48 heavy (non-hydrogen) atoms. The molecule has 0 saturated heterocycles. The Morgan fingerprint density at radius 3 is 0.750 bits per heavy atom. The lowest BCUT2D eigenvalue weighted by atomic mass is 9.88. The van der Waals surface area contributed by atoms with Gasteiger partial charge in [-0.05, 0) is 107 Å². The van der Waals surface area contributed by atoms with Crippen LogP contribution in [0.2, 0.25) is 0 Å². The van der Waals surface area contributed by atoms with Crippen LogP contribution >= 0.6 is 67.9 Å². The Labute approximate surface area is 334 Å². The third kappa shape index (κ3) is 19.1. The van der Waals surface area contributed by atoms with Gasteiger partial charge < -0.3 is 21.3 Å². The molecule has 0 radical (unpaired) electrons. The molecule has 0 aliphatic heterocycles. The van der Waals surface area contributed by atoms with Gasteiger partial charge in [-0.2, -0.15) is 0 Å². The van der Waals surface area contributed by atoms with Crippen molar-refractivity contribution in [3.63, 3.8) is 0 Å². The van der Waals surface area contributed by atoms with Gasteiger partial charge >= 0.3 is 0 Å². The van der Waals surface area contributed by atoms with Crippen LogP contribution in [0.25, 0.3) is 0 Å². The fraction of sp³-hybridized carbons (Fsp3) is 0.400. The third-order valence-corrected chi connectivity index (χ3v) is 8.15. The van der Waals surface area contributed by atoms with Crippen LogP contribution in [0.1, 0.15) is 73.6 Å². The van der Waals surface area contributed by atoms with Gasteiger partial charge in [0.2, 0.25) is 0 Å². The molecular weight excluding hydrogens is 856 g/mol. The Morgan fingerprint density at radius 1 is 0.312 bits per heavy atom. The van der Waals surface area contributed by atoms with E-state index in [1.54, 1.807) is 0 Å². The highest BCUT2D eigenvalue weighted by molar-refractivity contribution is 8.93. The molecule has 4 aromatic carbocycles. The minimum Gasteiger partial charge on any atom is -0.317 e. The molecule has 4 aromatic rings. The topological polar surface area (TPSA) is 48.1 Å². The van der Waals surface area contributed by atoms with Crippen molar-refractivity contribution in [3.05, 3.63) is 144 Å². The summed E-state index contributed by atoms with van der Waals surface area (Å²) >= 11 is 0. The average Bonchev–Trinajstić information content (AvgIpc) is 3.07. The molecule has 0 heterocycles. The van der Waals surface area contributed by atoms with Crippen molar-refractivity contribution >= 4 is 67.9 Å². The van der Waals surface area contributed by atoms with Gasteiger partial charge in [-0.1, -0.05) is 129 Å². The molecule has 0 fully saturated rings. The Bertz CT molecular complexity index is 1050. The highest BCUT2D eigenvalue weighted by Gasteiger charge is 2.14. The first kappa shape index (κ1) is 48.8. The molecule has 4 nitrogen and oxygen atoms in total. The Morgan fingerprint density at radius 2 is 0.521 bits per heavy atom. The van der Waals surface area contributed by atoms with Crippen LogP contribution in [0, 0.1) is 0 Å². The average molecular weight is 917 g/mol. The molecule has 0 aliphatic carbocycles. The highest BCUT2D eigenvalue weighted by atomic mass is 79.9. The van der Waals surface area contributed by atoms with E-state index in [-0.39, 0.29) is 75.4 Å². The summed E-state index contributed by atoms with van der Waals surface area (Å²) in [5.41, 5.74) is 5.60. The van der Waals surface area contributed by atoms with Crippen molar-refractivity contribution in [2.75, 3.05) is 52.4 Å². The molecule has 4 N–H and O–H groups in total. The SMILES string of the molecule is Br.Br.Br.Br.C.c1ccc(C(CCNCCCNCCCNCCCNCCC(c2ccccc2)c2ccccc2)c2ccccc2)cc1. The summed E-state index contributed by atoms with van der Waals surface area (Å²) in [6.45, 7) is 8.50. The molecule has 0 unspecified atom stereocenters. The lowest BCUT2D eigenvalue weighted by Crippen LogP contribution is -2.27. The van der Waals surface area contributed by atoms with E-state index in [2.05, 4.69) is 143 Å². The molecule has 0 amide bonds. The van der Waals surface area contributed by atoms with Crippen molar-refractivity contribution in [3.8, 4) is 0 Å². The molecule has 8 heteroatoms. The summed E-state index contributed by atoms with van der Waals surface area (Å²) in [4.78, 5) is 0. The quantitative estimate of drug-likeness (QED) is 0.0594. The Kier molecular flexibility index (Phi) is 32.1. The van der Waals surface area contributed by atoms with Gasteiger partial charge in [0.15, 0.2) is 0 Å². The van der Waals surface area contributed by atoms with Crippen molar-refractivity contribution in [1.82, 2.24) is 21.3 Å². The first-order chi connectivity index (χ1) is 21.4. The zero-order chi connectivity index (χ0) is 29.6. The summed E-state index contributed by atoms with van der Waals surface area (Å²) in [6.07, 6.45) is 5.73. The van der Waals surface area contributed by atoms with Crippen molar-refractivity contribution in [2.24, 2.45) is 0 Å². The van der Waals surface area contributed by atoms with Gasteiger partial charge in [-0.15, -0.1) is 67.9 Å². The van der Waals surface area contributed by atoms with E-state index in [1.165, 1.54) is 28.7 Å². The van der Waals surface area contributed by atoms with E-state index in [0.29, 0.717) is 11.8 Å². The van der Waals surface area contributed by atoms with Crippen LogP contribution in [0.4, 0.5) is 0 Å². The second kappa shape index (κ2) is 31.6. The van der Waals surface area contributed by atoms with Gasteiger partial charge in [0, 0.05) is 11.8 Å². The molecule has 0 aliphatic rings. The van der Waals surface area contributed by atoms with Gasteiger partial charge in [0.05, 0.1) is 0 Å². The Balaban J connectivity index is 0. The van der Waals surface area contributed by atoms with Crippen LogP contribution in [0.5, 0.6) is 0 Å². The zero-order valence-corrected chi connectivity index (χ0v) is 34.4. The Hall–Kier alpha value is -1.36. The van der Waals surface area contributed by atoms with E-state index in [1.807, 2.05) is 0 Å². The molecule has 4 rings (SSSR count). The van der Waals surface area contributed by atoms with E-state index >= 15 is 0 Å². The van der Waals surface area contributed by atoms with Gasteiger partial charge in [0.1, 0.15) is 0 Å². The van der Waals surface area contributed by atoms with Gasteiger partial charge in [-0.3, -0.25) is 0 Å². The number of hydrogen-bond donors (Lipinski definition) is 4. The normalized spacial score (nSPS) is 10.2. The lowest BCUT2D eigenvalue weighted by molar-refractivity contribution is 0.541. The lowest BCUT2D eigenvalue weighted by Gasteiger charge is -2.18. The number of benzene rings is 4. The first-order valence-corrected chi connectivity index (χ1v) is 16.4. The number of rotatable bonds is 22. The monoisotopic (exact) mass is 912 g/mol. The number of nitrogens with one attached hydrogen (secondary N) is 4. The largest absolute Gasteiger partial charge is 0.317 e. The van der Waals surface area contributed by atoms with E-state index < -0.39 is 0 Å². The zero-order valence-electron chi connectivity index (χ0n) is 27.5. The van der Waals surface area contributed by atoms with Crippen molar-refractivity contribution < 1.29 is 0 Å². The second-order valence-electron chi connectivity index (χ2n) is 11.4. The predicted molar refractivity (Wildman–Crippen MR) is 232 cm³/mol. The van der Waals surface area contributed by atoms with E-state index in [0.717, 1.165) is 78.0 Å². The minimum atomic E-state index is 0. The maximum absolute atomic E-state index is 3.66. The standard InChI is InChI=1S/C39H52N4.CH4.4BrH/c1-5-16-34(17-6-1)38(35-18-7-2-8-19-35)24-32-42-30-14-28-40-26-13-27-41-29-15-31-43-33-25-39(36-20-9-3-10-21-36)37-22-11-4-12-23-37;;;;;/h1-12,16-23,38-43H,13-15,24-33H2;1H4;4*1H. The molecule has 0 bridgehead atoms. The summed E-state index contributed by atoms with van der Waals surface area (Å²) in [5.74, 6) is 0.894. The molecule has 0 atom stereocenters. The summed E-state index contributed by atoms with van der Waals surface area (Å²) < 4.78 is 0. The second-order valence-corrected chi connectivity index (χ2v) is 11.4. The molecule has 0 spiro atoms. The van der Waals surface area contributed by atoms with Crippen LogP contribution in [-0.4, -0.2) is 52.4 Å². The highest BCUT2D eigenvalue weighted by Crippen LogP contribution is 2.28. The maximum Gasteiger partial charge on any atom is 0.0101 e. The summed E-state index contributed by atoms with van der Waals surface area (Å²) in [7, 11) is 0. The predicted octanol–water partition coefficient (Wildman–Crippen LogP) is 9.91. The maximum atomic E-state index is 3.66. The molecule has 0 aromatic heterocycles. The number of hydrogen-bond acceptors (Lipinski definition) is 4. The summed E-state index contributed by atoms with van der Waals surface area (Å²) in [6, 6.07) is 43.6. The molecular formula is C40H60Br4N4. The number of halogens is 4. The van der Waals surface area contributed by atoms with Crippen LogP contribution in [0.3, 0.4) is 0 Å². The van der Waals surface area contributed by atoms with E-state index in [4.69, 9.17) is 0 Å². The first-order valence-electron chi connectivity index (χ1n) is 16.4. The van der Waals surface area contributed by atoms with Gasteiger partial charge in [0.25, 0.3) is 0 Å². The van der Waals surface area contributed by atoms with Crippen LogP contribution < -0.4 is 21.3 Å². The fourth-order valence-electron chi connectivity index (χ4n) is 5.80. The third-order valence-electron chi connectivity index (χ3n) is 8.15. The smallest absolute Gasteiger partial charge is 0.0101 e. The summed E-state index contributed by atoms with van der Waals surface area (Å²) in [5, 5.41) is 14.5. The van der Waals surface area contributed by atoms with Crippen LogP contribution in [0.15, 0.2) is 121 Å².